The van der Waals surface area contributed by atoms with Crippen molar-refractivity contribution in [3.05, 3.63) is 64.7 Å². The number of hydrogen-bond acceptors (Lipinski definition) is 7. The van der Waals surface area contributed by atoms with E-state index >= 15 is 0 Å². The number of benzene rings is 2. The fourth-order valence-electron chi connectivity index (χ4n) is 3.62. The summed E-state index contributed by atoms with van der Waals surface area (Å²) in [7, 11) is -3.91. The van der Waals surface area contributed by atoms with E-state index in [1.54, 1.807) is 31.2 Å². The monoisotopic (exact) mass is 505 g/mol. The van der Waals surface area contributed by atoms with Gasteiger partial charge in [0.25, 0.3) is 15.9 Å². The minimum atomic E-state index is -3.91. The number of nitrogens with zero attached hydrogens (tertiary/aromatic N) is 3. The highest BCUT2D eigenvalue weighted by atomic mass is 35.5. The molecule has 0 aliphatic carbocycles. The van der Waals surface area contributed by atoms with Gasteiger partial charge in [0.15, 0.2) is 0 Å². The number of carbonyl (C=O) groups excluding carboxylic acids is 1. The molecule has 1 aromatic heterocycles. The van der Waals surface area contributed by atoms with Crippen LogP contribution in [0.2, 0.25) is 5.02 Å². The molecule has 1 aliphatic heterocycles. The van der Waals surface area contributed by atoms with Gasteiger partial charge in [-0.1, -0.05) is 35.1 Å². The summed E-state index contributed by atoms with van der Waals surface area (Å²) in [4.78, 5) is 14.7. The summed E-state index contributed by atoms with van der Waals surface area (Å²) in [6, 6.07) is 13.8. The first-order valence-corrected chi connectivity index (χ1v) is 13.3. The van der Waals surface area contributed by atoms with E-state index in [9.17, 15) is 13.2 Å². The van der Waals surface area contributed by atoms with Crippen LogP contribution in [0.4, 0.5) is 10.8 Å². The molecule has 1 amide bonds. The average Bonchev–Trinajstić information content (AvgIpc) is 3.29. The van der Waals surface area contributed by atoms with Crippen molar-refractivity contribution in [2.45, 2.75) is 36.6 Å². The first-order valence-electron chi connectivity index (χ1n) is 10.6. The van der Waals surface area contributed by atoms with E-state index in [1.165, 1.54) is 19.3 Å². The highest BCUT2D eigenvalue weighted by molar-refractivity contribution is 7.91. The molecule has 0 saturated carbocycles. The lowest BCUT2D eigenvalue weighted by molar-refractivity contribution is 0.102. The van der Waals surface area contributed by atoms with Gasteiger partial charge in [0.05, 0.1) is 0 Å². The van der Waals surface area contributed by atoms with E-state index in [2.05, 4.69) is 25.1 Å². The Morgan fingerprint density at radius 3 is 2.36 bits per heavy atom. The van der Waals surface area contributed by atoms with Crippen molar-refractivity contribution in [3.8, 4) is 0 Å². The van der Waals surface area contributed by atoms with E-state index < -0.39 is 22.0 Å². The Morgan fingerprint density at radius 2 is 1.70 bits per heavy atom. The summed E-state index contributed by atoms with van der Waals surface area (Å²) in [6.45, 7) is 3.88. The minimum Gasteiger partial charge on any atom is -0.372 e. The van der Waals surface area contributed by atoms with Gasteiger partial charge in [-0.2, -0.15) is 0 Å². The molecule has 0 spiro atoms. The van der Waals surface area contributed by atoms with Crippen LogP contribution in [0.3, 0.4) is 0 Å². The normalized spacial score (nSPS) is 15.3. The van der Waals surface area contributed by atoms with E-state index in [0.717, 1.165) is 35.7 Å². The number of rotatable bonds is 7. The van der Waals surface area contributed by atoms with Gasteiger partial charge in [0.2, 0.25) is 9.47 Å². The van der Waals surface area contributed by atoms with E-state index in [1.807, 2.05) is 24.3 Å². The summed E-state index contributed by atoms with van der Waals surface area (Å²) in [5.41, 5.74) is 2.37. The lowest BCUT2D eigenvalue weighted by atomic mass is 10.1. The van der Waals surface area contributed by atoms with Gasteiger partial charge in [-0.25, -0.2) is 13.1 Å². The molecule has 174 valence electrons. The van der Waals surface area contributed by atoms with E-state index in [4.69, 9.17) is 11.6 Å². The van der Waals surface area contributed by atoms with Crippen LogP contribution in [0.1, 0.15) is 48.1 Å². The number of anilines is 2. The number of halogens is 1. The third-order valence-corrected chi connectivity index (χ3v) is 8.41. The molecule has 1 fully saturated rings. The zero-order valence-electron chi connectivity index (χ0n) is 18.0. The van der Waals surface area contributed by atoms with Crippen molar-refractivity contribution >= 4 is 49.7 Å². The Morgan fingerprint density at radius 1 is 1.03 bits per heavy atom. The maximum Gasteiger partial charge on any atom is 0.270 e. The number of sulfonamides is 1. The van der Waals surface area contributed by atoms with Crippen LogP contribution in [-0.4, -0.2) is 37.6 Å². The van der Waals surface area contributed by atoms with Crippen LogP contribution in [0.15, 0.2) is 52.9 Å². The van der Waals surface area contributed by atoms with Crippen LogP contribution in [0.25, 0.3) is 0 Å². The molecule has 0 radical (unpaired) electrons. The smallest absolute Gasteiger partial charge is 0.270 e. The third kappa shape index (κ3) is 5.89. The van der Waals surface area contributed by atoms with Crippen molar-refractivity contribution in [2.24, 2.45) is 0 Å². The largest absolute Gasteiger partial charge is 0.372 e. The summed E-state index contributed by atoms with van der Waals surface area (Å²) >= 11 is 6.62. The topological polar surface area (TPSA) is 104 Å². The van der Waals surface area contributed by atoms with Crippen LogP contribution in [-0.2, 0) is 10.0 Å². The first-order chi connectivity index (χ1) is 15.8. The van der Waals surface area contributed by atoms with E-state index in [0.29, 0.717) is 10.6 Å². The molecule has 1 saturated heterocycles. The van der Waals surface area contributed by atoms with Gasteiger partial charge in [-0.3, -0.25) is 10.1 Å². The minimum absolute atomic E-state index is 0.0915. The maximum atomic E-state index is 12.8. The summed E-state index contributed by atoms with van der Waals surface area (Å²) in [5.74, 6) is -0.429. The molecule has 8 nitrogen and oxygen atoms in total. The number of carbonyl (C=O) groups is 1. The molecule has 2 heterocycles. The Labute approximate surface area is 202 Å². The molecule has 33 heavy (non-hydrogen) atoms. The maximum absolute atomic E-state index is 12.8. The standard InChI is InChI=1S/C22H24ClN5O3S2/c1-15(16-7-11-19(12-8-16)28-13-3-2-4-14-28)27-33(30,31)22-26-25-21(32-22)24-20(29)17-5-9-18(23)10-6-17/h5-12,15,27H,2-4,13-14H2,1H3,(H,24,25,29)/t15-/m0/s1. The summed E-state index contributed by atoms with van der Waals surface area (Å²) in [5, 5.41) is 10.7. The predicted octanol–water partition coefficient (Wildman–Crippen LogP) is 4.47. The summed E-state index contributed by atoms with van der Waals surface area (Å²) in [6.07, 6.45) is 3.66. The van der Waals surface area contributed by atoms with Crippen LogP contribution >= 0.6 is 22.9 Å². The Kier molecular flexibility index (Phi) is 7.28. The summed E-state index contributed by atoms with van der Waals surface area (Å²) < 4.78 is 28.0. The van der Waals surface area contributed by atoms with E-state index in [-0.39, 0.29) is 9.47 Å². The predicted molar refractivity (Wildman–Crippen MR) is 131 cm³/mol. The van der Waals surface area contributed by atoms with Crippen molar-refractivity contribution < 1.29 is 13.2 Å². The quantitative estimate of drug-likeness (QED) is 0.459. The van der Waals surface area contributed by atoms with Gasteiger partial charge < -0.3 is 4.90 Å². The number of nitrogens with one attached hydrogen (secondary N) is 2. The molecule has 1 atom stereocenters. The molecule has 1 aliphatic rings. The first kappa shape index (κ1) is 23.6. The lowest BCUT2D eigenvalue weighted by Crippen LogP contribution is -2.29. The number of piperidine rings is 1. The Hall–Kier alpha value is -2.53. The number of hydrogen-bond donors (Lipinski definition) is 2. The van der Waals surface area contributed by atoms with Gasteiger partial charge in [-0.05, 0) is 68.1 Å². The Bertz CT molecular complexity index is 1210. The highest BCUT2D eigenvalue weighted by Crippen LogP contribution is 2.25. The molecule has 3 aromatic rings. The molecular weight excluding hydrogens is 482 g/mol. The van der Waals surface area contributed by atoms with Gasteiger partial charge in [0.1, 0.15) is 0 Å². The van der Waals surface area contributed by atoms with Crippen molar-refractivity contribution in [3.63, 3.8) is 0 Å². The van der Waals surface area contributed by atoms with Crippen molar-refractivity contribution in [2.75, 3.05) is 23.3 Å². The van der Waals surface area contributed by atoms with Crippen LogP contribution in [0, 0.1) is 0 Å². The second kappa shape index (κ2) is 10.2. The second-order valence-electron chi connectivity index (χ2n) is 7.82. The van der Waals surface area contributed by atoms with Crippen LogP contribution in [0.5, 0.6) is 0 Å². The number of aromatic nitrogens is 2. The average molecular weight is 506 g/mol. The molecule has 2 N–H and O–H groups in total. The van der Waals surface area contributed by atoms with Gasteiger partial charge in [-0.15, -0.1) is 10.2 Å². The molecule has 11 heteroatoms. The van der Waals surface area contributed by atoms with Crippen LogP contribution < -0.4 is 14.9 Å². The fraction of sp³-hybridized carbons (Fsp3) is 0.318. The third-order valence-electron chi connectivity index (χ3n) is 5.41. The van der Waals surface area contributed by atoms with Crippen molar-refractivity contribution in [1.29, 1.82) is 0 Å². The zero-order valence-corrected chi connectivity index (χ0v) is 20.4. The lowest BCUT2D eigenvalue weighted by Gasteiger charge is -2.29. The fourth-order valence-corrected chi connectivity index (χ4v) is 5.89. The Balaban J connectivity index is 1.39. The second-order valence-corrected chi connectivity index (χ2v) is 11.1. The SMILES string of the molecule is C[C@H](NS(=O)(=O)c1nnc(NC(=O)c2ccc(Cl)cc2)s1)c1ccc(N2CCCCC2)cc1. The number of amides is 1. The zero-order chi connectivity index (χ0) is 23.4. The molecule has 4 rings (SSSR count). The molecule has 2 aromatic carbocycles. The molecule has 0 unspecified atom stereocenters. The highest BCUT2D eigenvalue weighted by Gasteiger charge is 2.24. The van der Waals surface area contributed by atoms with Crippen molar-refractivity contribution in [1.82, 2.24) is 14.9 Å². The molecule has 0 bridgehead atoms. The van der Waals surface area contributed by atoms with Gasteiger partial charge >= 0.3 is 0 Å². The molecular formula is C22H24ClN5O3S2. The van der Waals surface area contributed by atoms with Gasteiger partial charge in [0, 0.05) is 35.4 Å².